The van der Waals surface area contributed by atoms with Gasteiger partial charge in [-0.05, 0) is 37.7 Å². The lowest BCUT2D eigenvalue weighted by molar-refractivity contribution is 0.325. The Bertz CT molecular complexity index is 326. The second-order valence-corrected chi connectivity index (χ2v) is 5.03. The number of rotatable bonds is 6. The molecule has 1 N–H and O–H groups in total. The van der Waals surface area contributed by atoms with Gasteiger partial charge < -0.3 is 10.2 Å². The first-order valence-electron chi connectivity index (χ1n) is 5.77. The Hall–Kier alpha value is -0.380. The third-order valence-electron chi connectivity index (χ3n) is 2.61. The van der Waals surface area contributed by atoms with Crippen LogP contribution >= 0.6 is 15.9 Å². The Morgan fingerprint density at radius 3 is 2.75 bits per heavy atom. The Balaban J connectivity index is 2.43. The average Bonchev–Trinajstić information content (AvgIpc) is 2.24. The van der Waals surface area contributed by atoms with Crippen LogP contribution in [-0.2, 0) is 6.54 Å². The highest BCUT2D eigenvalue weighted by Gasteiger charge is 2.01. The monoisotopic (exact) mass is 284 g/mol. The minimum atomic E-state index is 1.00. The van der Waals surface area contributed by atoms with Gasteiger partial charge in [-0.1, -0.05) is 35.0 Å². The van der Waals surface area contributed by atoms with Crippen LogP contribution in [0.3, 0.4) is 0 Å². The Kier molecular flexibility index (Phi) is 6.03. The number of benzene rings is 1. The molecule has 3 heteroatoms. The van der Waals surface area contributed by atoms with Gasteiger partial charge in [0.05, 0.1) is 0 Å². The van der Waals surface area contributed by atoms with Gasteiger partial charge in [0.25, 0.3) is 0 Å². The molecule has 1 rings (SSSR count). The maximum absolute atomic E-state index is 3.57. The van der Waals surface area contributed by atoms with Gasteiger partial charge in [-0.2, -0.15) is 0 Å². The van der Waals surface area contributed by atoms with Crippen molar-refractivity contribution >= 4 is 15.9 Å². The summed E-state index contributed by atoms with van der Waals surface area (Å²) in [5.74, 6) is 0. The summed E-state index contributed by atoms with van der Waals surface area (Å²) < 4.78 is 1.20. The van der Waals surface area contributed by atoms with Gasteiger partial charge in [0, 0.05) is 24.1 Å². The quantitative estimate of drug-likeness (QED) is 0.809. The molecule has 0 fully saturated rings. The van der Waals surface area contributed by atoms with E-state index in [0.29, 0.717) is 0 Å². The second-order valence-electron chi connectivity index (χ2n) is 4.17. The van der Waals surface area contributed by atoms with Gasteiger partial charge in [-0.15, -0.1) is 0 Å². The fourth-order valence-electron chi connectivity index (χ4n) is 1.57. The molecule has 16 heavy (non-hydrogen) atoms. The topological polar surface area (TPSA) is 15.3 Å². The molecule has 2 nitrogen and oxygen atoms in total. The smallest absolute Gasteiger partial charge is 0.0231 e. The van der Waals surface area contributed by atoms with Gasteiger partial charge in [-0.25, -0.2) is 0 Å². The molecule has 0 saturated heterocycles. The Morgan fingerprint density at radius 2 is 2.12 bits per heavy atom. The first kappa shape index (κ1) is 13.7. The number of halogens is 1. The van der Waals surface area contributed by atoms with Gasteiger partial charge in [0.15, 0.2) is 0 Å². The van der Waals surface area contributed by atoms with E-state index in [9.17, 15) is 0 Å². The summed E-state index contributed by atoms with van der Waals surface area (Å²) in [7, 11) is 2.16. The van der Waals surface area contributed by atoms with E-state index >= 15 is 0 Å². The highest BCUT2D eigenvalue weighted by atomic mass is 79.9. The SMILES string of the molecule is CCNCCN(C)Cc1ccc(C)c(Br)c1. The molecule has 0 aliphatic carbocycles. The van der Waals surface area contributed by atoms with Gasteiger partial charge in [0.2, 0.25) is 0 Å². The van der Waals surface area contributed by atoms with E-state index < -0.39 is 0 Å². The largest absolute Gasteiger partial charge is 0.316 e. The maximum atomic E-state index is 3.57. The number of nitrogens with zero attached hydrogens (tertiary/aromatic N) is 1. The van der Waals surface area contributed by atoms with E-state index in [1.54, 1.807) is 0 Å². The lowest BCUT2D eigenvalue weighted by Gasteiger charge is -2.17. The molecule has 0 bridgehead atoms. The molecule has 1 aromatic carbocycles. The van der Waals surface area contributed by atoms with Crippen LogP contribution in [0.15, 0.2) is 22.7 Å². The number of hydrogen-bond donors (Lipinski definition) is 1. The van der Waals surface area contributed by atoms with E-state index in [1.165, 1.54) is 15.6 Å². The summed E-state index contributed by atoms with van der Waals surface area (Å²) in [5, 5.41) is 3.33. The zero-order valence-corrected chi connectivity index (χ0v) is 12.0. The first-order chi connectivity index (χ1) is 7.63. The van der Waals surface area contributed by atoms with Crippen LogP contribution in [0.25, 0.3) is 0 Å². The van der Waals surface area contributed by atoms with E-state index in [-0.39, 0.29) is 0 Å². The molecule has 0 aliphatic heterocycles. The number of likely N-dealkylation sites (N-methyl/N-ethyl adjacent to an activating group) is 2. The molecule has 0 radical (unpaired) electrons. The minimum Gasteiger partial charge on any atom is -0.316 e. The van der Waals surface area contributed by atoms with Crippen molar-refractivity contribution in [2.45, 2.75) is 20.4 Å². The Labute approximate surface area is 107 Å². The van der Waals surface area contributed by atoms with Crippen molar-refractivity contribution in [3.05, 3.63) is 33.8 Å². The van der Waals surface area contributed by atoms with Crippen molar-refractivity contribution < 1.29 is 0 Å². The predicted molar refractivity (Wildman–Crippen MR) is 73.8 cm³/mol. The zero-order valence-electron chi connectivity index (χ0n) is 10.4. The lowest BCUT2D eigenvalue weighted by atomic mass is 10.1. The molecular formula is C13H21BrN2. The highest BCUT2D eigenvalue weighted by Crippen LogP contribution is 2.18. The third-order valence-corrected chi connectivity index (χ3v) is 3.46. The van der Waals surface area contributed by atoms with E-state index in [1.807, 2.05) is 0 Å². The predicted octanol–water partition coefficient (Wildman–Crippen LogP) is 2.80. The van der Waals surface area contributed by atoms with Gasteiger partial charge in [-0.3, -0.25) is 0 Å². The zero-order chi connectivity index (χ0) is 12.0. The molecule has 0 unspecified atom stereocenters. The molecule has 0 heterocycles. The van der Waals surface area contributed by atoms with Crippen molar-refractivity contribution in [1.82, 2.24) is 10.2 Å². The molecule has 0 aliphatic rings. The normalized spacial score (nSPS) is 11.1. The molecule has 0 spiro atoms. The summed E-state index contributed by atoms with van der Waals surface area (Å²) in [6, 6.07) is 6.57. The summed E-state index contributed by atoms with van der Waals surface area (Å²) in [4.78, 5) is 2.33. The van der Waals surface area contributed by atoms with Crippen molar-refractivity contribution in [3.63, 3.8) is 0 Å². The molecule has 0 atom stereocenters. The number of aryl methyl sites for hydroxylation is 1. The number of nitrogens with one attached hydrogen (secondary N) is 1. The van der Waals surface area contributed by atoms with Crippen LogP contribution in [0.1, 0.15) is 18.1 Å². The molecule has 1 aromatic rings. The Morgan fingerprint density at radius 1 is 1.38 bits per heavy atom. The van der Waals surface area contributed by atoms with E-state index in [2.05, 4.69) is 65.2 Å². The maximum Gasteiger partial charge on any atom is 0.0231 e. The molecular weight excluding hydrogens is 264 g/mol. The second kappa shape index (κ2) is 7.05. The van der Waals surface area contributed by atoms with Crippen LogP contribution in [0, 0.1) is 6.92 Å². The average molecular weight is 285 g/mol. The van der Waals surface area contributed by atoms with Crippen molar-refractivity contribution in [1.29, 1.82) is 0 Å². The fourth-order valence-corrected chi connectivity index (χ4v) is 2.00. The molecule has 90 valence electrons. The molecule has 0 aromatic heterocycles. The van der Waals surface area contributed by atoms with Crippen LogP contribution in [0.4, 0.5) is 0 Å². The van der Waals surface area contributed by atoms with Crippen LogP contribution < -0.4 is 5.32 Å². The molecule has 0 saturated carbocycles. The summed E-state index contributed by atoms with van der Waals surface area (Å²) in [6.45, 7) is 8.44. The van der Waals surface area contributed by atoms with E-state index in [4.69, 9.17) is 0 Å². The standard InChI is InChI=1S/C13H21BrN2/c1-4-15-7-8-16(3)10-12-6-5-11(2)13(14)9-12/h5-6,9,15H,4,7-8,10H2,1-3H3. The lowest BCUT2D eigenvalue weighted by Crippen LogP contribution is -2.28. The minimum absolute atomic E-state index is 1.00. The van der Waals surface area contributed by atoms with Crippen molar-refractivity contribution in [2.24, 2.45) is 0 Å². The van der Waals surface area contributed by atoms with Gasteiger partial charge >= 0.3 is 0 Å². The number of hydrogen-bond acceptors (Lipinski definition) is 2. The summed E-state index contributed by atoms with van der Waals surface area (Å²) >= 11 is 3.57. The van der Waals surface area contributed by atoms with Crippen LogP contribution in [0.5, 0.6) is 0 Å². The van der Waals surface area contributed by atoms with E-state index in [0.717, 1.165) is 26.2 Å². The first-order valence-corrected chi connectivity index (χ1v) is 6.57. The van der Waals surface area contributed by atoms with Gasteiger partial charge in [0.1, 0.15) is 0 Å². The molecule has 0 amide bonds. The fraction of sp³-hybridized carbons (Fsp3) is 0.538. The summed E-state index contributed by atoms with van der Waals surface area (Å²) in [6.07, 6.45) is 0. The van der Waals surface area contributed by atoms with Crippen LogP contribution in [0.2, 0.25) is 0 Å². The third kappa shape index (κ3) is 4.64. The van der Waals surface area contributed by atoms with Crippen molar-refractivity contribution in [2.75, 3.05) is 26.7 Å². The van der Waals surface area contributed by atoms with Crippen molar-refractivity contribution in [3.8, 4) is 0 Å². The van der Waals surface area contributed by atoms with Crippen LogP contribution in [-0.4, -0.2) is 31.6 Å². The highest BCUT2D eigenvalue weighted by molar-refractivity contribution is 9.10. The summed E-state index contributed by atoms with van der Waals surface area (Å²) in [5.41, 5.74) is 2.65.